The van der Waals surface area contributed by atoms with Gasteiger partial charge in [0.15, 0.2) is 0 Å². The van der Waals surface area contributed by atoms with Crippen molar-refractivity contribution in [1.29, 1.82) is 5.26 Å². The average Bonchev–Trinajstić information content (AvgIpc) is 2.26. The maximum absolute atomic E-state index is 11.8. The van der Waals surface area contributed by atoms with E-state index in [0.29, 0.717) is 5.56 Å². The van der Waals surface area contributed by atoms with E-state index < -0.39 is 18.2 Å². The summed E-state index contributed by atoms with van der Waals surface area (Å²) in [6.45, 7) is -2.91. The number of nitriles is 1. The highest BCUT2D eigenvalue weighted by atomic mass is 19.3. The fourth-order valence-electron chi connectivity index (χ4n) is 1.05. The minimum atomic E-state index is -2.91. The first kappa shape index (κ1) is 12.6. The van der Waals surface area contributed by atoms with Crippen LogP contribution in [0.4, 0.5) is 8.78 Å². The van der Waals surface area contributed by atoms with Crippen molar-refractivity contribution in [2.75, 3.05) is 0 Å². The fraction of sp³-hybridized carbons (Fsp3) is 0.0909. The van der Waals surface area contributed by atoms with Crippen LogP contribution in [0.1, 0.15) is 5.56 Å². The van der Waals surface area contributed by atoms with E-state index in [0.717, 1.165) is 6.08 Å². The Bertz CT molecular complexity index is 474. The van der Waals surface area contributed by atoms with Crippen molar-refractivity contribution >= 4 is 12.0 Å². The van der Waals surface area contributed by atoms with Gasteiger partial charge in [-0.05, 0) is 23.8 Å². The van der Waals surface area contributed by atoms with Gasteiger partial charge in [0.1, 0.15) is 17.4 Å². The Morgan fingerprint density at radius 1 is 1.41 bits per heavy atom. The van der Waals surface area contributed by atoms with E-state index in [1.165, 1.54) is 30.3 Å². The predicted molar refractivity (Wildman–Crippen MR) is 54.3 cm³/mol. The van der Waals surface area contributed by atoms with E-state index in [1.54, 1.807) is 0 Å². The molecule has 1 aromatic carbocycles. The van der Waals surface area contributed by atoms with E-state index in [-0.39, 0.29) is 5.75 Å². The van der Waals surface area contributed by atoms with Gasteiger partial charge in [0, 0.05) is 0 Å². The van der Waals surface area contributed by atoms with Gasteiger partial charge in [-0.3, -0.25) is 0 Å². The Kier molecular flexibility index (Phi) is 4.17. The molecule has 1 rings (SSSR count). The van der Waals surface area contributed by atoms with Crippen LogP contribution in [0.3, 0.4) is 0 Å². The van der Waals surface area contributed by atoms with Gasteiger partial charge < -0.3 is 9.84 Å². The molecule has 6 heteroatoms. The third kappa shape index (κ3) is 3.91. The van der Waals surface area contributed by atoms with E-state index in [9.17, 15) is 13.6 Å². The van der Waals surface area contributed by atoms with Crippen LogP contribution in [0, 0.1) is 11.3 Å². The second-order valence-electron chi connectivity index (χ2n) is 2.92. The first-order valence-corrected chi connectivity index (χ1v) is 4.43. The highest BCUT2D eigenvalue weighted by molar-refractivity contribution is 5.96. The molecule has 0 aliphatic rings. The summed E-state index contributed by atoms with van der Waals surface area (Å²) in [5.74, 6) is -1.38. The van der Waals surface area contributed by atoms with Crippen molar-refractivity contribution < 1.29 is 23.4 Å². The first-order chi connectivity index (χ1) is 8.02. The topological polar surface area (TPSA) is 70.3 Å². The molecule has 88 valence electrons. The van der Waals surface area contributed by atoms with Crippen molar-refractivity contribution in [2.45, 2.75) is 6.61 Å². The zero-order chi connectivity index (χ0) is 12.8. The number of aliphatic carboxylic acids is 1. The molecule has 0 bridgehead atoms. The van der Waals surface area contributed by atoms with Crippen LogP contribution >= 0.6 is 0 Å². The molecule has 1 N–H and O–H groups in total. The van der Waals surface area contributed by atoms with Gasteiger partial charge in [-0.1, -0.05) is 12.1 Å². The standard InChI is InChI=1S/C11H7F2NO3/c12-11(13)17-9-3-1-7(2-4-9)5-8(6-14)10(15)16/h1-5,11H,(H,15,16)/b8-5-. The Hall–Kier alpha value is -2.42. The lowest BCUT2D eigenvalue weighted by Gasteiger charge is -2.03. The maximum atomic E-state index is 11.8. The van der Waals surface area contributed by atoms with Gasteiger partial charge in [0.25, 0.3) is 0 Å². The molecule has 4 nitrogen and oxygen atoms in total. The van der Waals surface area contributed by atoms with Crippen molar-refractivity contribution in [2.24, 2.45) is 0 Å². The van der Waals surface area contributed by atoms with E-state index in [1.807, 2.05) is 0 Å². The van der Waals surface area contributed by atoms with Crippen LogP contribution in [-0.2, 0) is 4.79 Å². The summed E-state index contributed by atoms with van der Waals surface area (Å²) in [4.78, 5) is 10.5. The number of ether oxygens (including phenoxy) is 1. The van der Waals surface area contributed by atoms with Crippen LogP contribution in [0.2, 0.25) is 0 Å². The third-order valence-electron chi connectivity index (χ3n) is 1.77. The molecule has 0 aromatic heterocycles. The average molecular weight is 239 g/mol. The molecule has 0 unspecified atom stereocenters. The Morgan fingerprint density at radius 3 is 2.41 bits per heavy atom. The maximum Gasteiger partial charge on any atom is 0.387 e. The Labute approximate surface area is 95.4 Å². The van der Waals surface area contributed by atoms with Gasteiger partial charge in [0.2, 0.25) is 0 Å². The van der Waals surface area contributed by atoms with Gasteiger partial charge in [0.05, 0.1) is 0 Å². The normalized spacial score (nSPS) is 11.1. The molecule has 0 fully saturated rings. The lowest BCUT2D eigenvalue weighted by Crippen LogP contribution is -2.01. The number of hydrogen-bond donors (Lipinski definition) is 1. The number of hydrogen-bond acceptors (Lipinski definition) is 3. The van der Waals surface area contributed by atoms with Crippen LogP contribution in [-0.4, -0.2) is 17.7 Å². The van der Waals surface area contributed by atoms with Gasteiger partial charge in [-0.25, -0.2) is 4.79 Å². The summed E-state index contributed by atoms with van der Waals surface area (Å²) in [5.41, 5.74) is -0.0295. The number of halogens is 2. The van der Waals surface area contributed by atoms with E-state index in [2.05, 4.69) is 4.74 Å². The summed E-state index contributed by atoms with van der Waals surface area (Å²) in [7, 11) is 0. The number of carboxylic acid groups (broad SMARTS) is 1. The minimum absolute atomic E-state index is 0.0361. The molecule has 0 amide bonds. The highest BCUT2D eigenvalue weighted by Crippen LogP contribution is 2.16. The van der Waals surface area contributed by atoms with Crippen LogP contribution in [0.5, 0.6) is 5.75 Å². The van der Waals surface area contributed by atoms with Crippen LogP contribution in [0.15, 0.2) is 29.8 Å². The quantitative estimate of drug-likeness (QED) is 0.646. The van der Waals surface area contributed by atoms with Crippen molar-refractivity contribution in [3.63, 3.8) is 0 Å². The van der Waals surface area contributed by atoms with E-state index >= 15 is 0 Å². The van der Waals surface area contributed by atoms with Gasteiger partial charge in [-0.15, -0.1) is 0 Å². The second-order valence-corrected chi connectivity index (χ2v) is 2.92. The van der Waals surface area contributed by atoms with Gasteiger partial charge >= 0.3 is 12.6 Å². The largest absolute Gasteiger partial charge is 0.477 e. The zero-order valence-corrected chi connectivity index (χ0v) is 8.43. The first-order valence-electron chi connectivity index (χ1n) is 4.43. The molecular weight excluding hydrogens is 232 g/mol. The lowest BCUT2D eigenvalue weighted by atomic mass is 10.1. The summed E-state index contributed by atoms with van der Waals surface area (Å²) in [6, 6.07) is 6.77. The molecule has 0 heterocycles. The number of alkyl halides is 2. The molecule has 0 aliphatic carbocycles. The third-order valence-corrected chi connectivity index (χ3v) is 1.77. The van der Waals surface area contributed by atoms with Crippen LogP contribution < -0.4 is 4.74 Å². The van der Waals surface area contributed by atoms with E-state index in [4.69, 9.17) is 10.4 Å². The number of benzene rings is 1. The Balaban J connectivity index is 2.88. The molecule has 0 spiro atoms. The van der Waals surface area contributed by atoms with Crippen molar-refractivity contribution in [3.8, 4) is 11.8 Å². The summed E-state index contributed by atoms with van der Waals surface area (Å²) in [5, 5.41) is 17.1. The Morgan fingerprint density at radius 2 is 2.00 bits per heavy atom. The molecular formula is C11H7F2NO3. The highest BCUT2D eigenvalue weighted by Gasteiger charge is 2.06. The van der Waals surface area contributed by atoms with Gasteiger partial charge in [-0.2, -0.15) is 14.0 Å². The second kappa shape index (κ2) is 5.61. The zero-order valence-electron chi connectivity index (χ0n) is 8.43. The molecule has 0 saturated carbocycles. The van der Waals surface area contributed by atoms with Crippen LogP contribution in [0.25, 0.3) is 6.08 Å². The minimum Gasteiger partial charge on any atom is -0.477 e. The molecule has 17 heavy (non-hydrogen) atoms. The number of rotatable bonds is 4. The molecule has 0 aliphatic heterocycles. The lowest BCUT2D eigenvalue weighted by molar-refractivity contribution is -0.132. The summed E-state index contributed by atoms with van der Waals surface area (Å²) >= 11 is 0. The SMILES string of the molecule is N#C/C(=C/c1ccc(OC(F)F)cc1)C(=O)O. The number of carboxylic acids is 1. The summed E-state index contributed by atoms with van der Waals surface area (Å²) < 4.78 is 27.8. The fourth-order valence-corrected chi connectivity index (χ4v) is 1.05. The molecule has 1 aromatic rings. The molecule has 0 saturated heterocycles. The predicted octanol–water partition coefficient (Wildman–Crippen LogP) is 2.28. The number of nitrogens with zero attached hydrogens (tertiary/aromatic N) is 1. The monoisotopic (exact) mass is 239 g/mol. The smallest absolute Gasteiger partial charge is 0.387 e. The number of carbonyl (C=O) groups is 1. The van der Waals surface area contributed by atoms with Crippen molar-refractivity contribution in [3.05, 3.63) is 35.4 Å². The van der Waals surface area contributed by atoms with Crippen molar-refractivity contribution in [1.82, 2.24) is 0 Å². The molecule has 0 radical (unpaired) electrons. The molecule has 0 atom stereocenters. The summed E-state index contributed by atoms with van der Waals surface area (Å²) in [6.07, 6.45) is 1.13.